The number of nitrogens with one attached hydrogen (secondary N) is 1. The van der Waals surface area contributed by atoms with Gasteiger partial charge in [0.25, 0.3) is 0 Å². The molecule has 2 atom stereocenters. The number of hydrogen-bond donors (Lipinski definition) is 4. The maximum absolute atomic E-state index is 14.0. The number of benzene rings is 6. The molecule has 1 unspecified atom stereocenters. The van der Waals surface area contributed by atoms with E-state index in [1.807, 2.05) is 84.9 Å². The molecule has 9 heteroatoms. The van der Waals surface area contributed by atoms with Crippen molar-refractivity contribution < 1.29 is 24.9 Å². The number of anilines is 2. The lowest BCUT2D eigenvalue weighted by Gasteiger charge is -2.24. The van der Waals surface area contributed by atoms with Crippen LogP contribution in [0.1, 0.15) is 34.1 Å². The Labute approximate surface area is 305 Å². The van der Waals surface area contributed by atoms with E-state index in [-0.39, 0.29) is 54.8 Å². The Kier molecular flexibility index (Phi) is 7.92. The van der Waals surface area contributed by atoms with Gasteiger partial charge in [0.15, 0.2) is 0 Å². The molecule has 0 bridgehead atoms. The van der Waals surface area contributed by atoms with E-state index in [1.54, 1.807) is 15.9 Å². The van der Waals surface area contributed by atoms with Gasteiger partial charge in [0.2, 0.25) is 11.8 Å². The summed E-state index contributed by atoms with van der Waals surface area (Å²) in [6.45, 7) is 0.602. The molecule has 0 saturated heterocycles. The summed E-state index contributed by atoms with van der Waals surface area (Å²) in [7, 11) is 0. The number of phenols is 2. The SMILES string of the molecule is O=C(CNCC(=O)N1CCc2c1c(-c1ccc3c(c1)C(CO)c1ccccc1-3)c(O)c1ccccc21)N1C[C@@H](CCl)c2c1cc(O)c1ccccc21. The zero-order valence-electron chi connectivity index (χ0n) is 28.3. The number of aliphatic hydroxyl groups excluding tert-OH is 1. The third-order valence-corrected chi connectivity index (χ3v) is 11.5. The second kappa shape index (κ2) is 12.7. The fraction of sp³-hybridized carbons (Fsp3) is 0.209. The first-order valence-electron chi connectivity index (χ1n) is 17.6. The first-order valence-corrected chi connectivity index (χ1v) is 18.2. The Hall–Kier alpha value is -5.41. The molecule has 0 radical (unpaired) electrons. The highest BCUT2D eigenvalue weighted by molar-refractivity contribution is 6.19. The molecule has 0 spiro atoms. The Morgan fingerprint density at radius 1 is 0.769 bits per heavy atom. The predicted octanol–water partition coefficient (Wildman–Crippen LogP) is 7.02. The van der Waals surface area contributed by atoms with Crippen molar-refractivity contribution in [2.45, 2.75) is 18.3 Å². The highest BCUT2D eigenvalue weighted by atomic mass is 35.5. The van der Waals surface area contributed by atoms with Crippen molar-refractivity contribution in [3.63, 3.8) is 0 Å². The molecule has 9 rings (SSSR count). The van der Waals surface area contributed by atoms with Gasteiger partial charge in [0.1, 0.15) is 11.5 Å². The molecule has 2 aliphatic heterocycles. The topological polar surface area (TPSA) is 113 Å². The first-order chi connectivity index (χ1) is 25.4. The van der Waals surface area contributed by atoms with Crippen LogP contribution in [0.3, 0.4) is 0 Å². The molecule has 0 fully saturated rings. The Morgan fingerprint density at radius 2 is 1.44 bits per heavy atom. The minimum atomic E-state index is -0.222. The fourth-order valence-corrected chi connectivity index (χ4v) is 9.06. The summed E-state index contributed by atoms with van der Waals surface area (Å²) >= 11 is 6.38. The number of amides is 2. The lowest BCUT2D eigenvalue weighted by Crippen LogP contribution is -2.42. The van der Waals surface area contributed by atoms with Crippen molar-refractivity contribution in [2.24, 2.45) is 0 Å². The van der Waals surface area contributed by atoms with Gasteiger partial charge in [-0.1, -0.05) is 84.9 Å². The van der Waals surface area contributed by atoms with Crippen LogP contribution < -0.4 is 15.1 Å². The quantitative estimate of drug-likeness (QED) is 0.133. The molecule has 6 aromatic carbocycles. The van der Waals surface area contributed by atoms with E-state index in [4.69, 9.17) is 11.6 Å². The molecule has 4 N–H and O–H groups in total. The average molecular weight is 710 g/mol. The molecule has 1 aliphatic carbocycles. The van der Waals surface area contributed by atoms with Crippen LogP contribution in [-0.4, -0.2) is 65.8 Å². The maximum Gasteiger partial charge on any atom is 0.240 e. The maximum atomic E-state index is 14.0. The van der Waals surface area contributed by atoms with E-state index in [2.05, 4.69) is 11.4 Å². The van der Waals surface area contributed by atoms with Gasteiger partial charge in [-0.15, -0.1) is 11.6 Å². The van der Waals surface area contributed by atoms with Crippen LogP contribution in [-0.2, 0) is 16.0 Å². The Balaban J connectivity index is 1.01. The Morgan fingerprint density at radius 3 is 2.21 bits per heavy atom. The first kappa shape index (κ1) is 32.5. The summed E-state index contributed by atoms with van der Waals surface area (Å²) in [5.41, 5.74) is 8.80. The molecular weight excluding hydrogens is 674 g/mol. The minimum Gasteiger partial charge on any atom is -0.507 e. The number of fused-ring (bicyclic) bond motifs is 9. The van der Waals surface area contributed by atoms with Gasteiger partial charge in [0, 0.05) is 53.2 Å². The summed E-state index contributed by atoms with van der Waals surface area (Å²) < 4.78 is 0. The van der Waals surface area contributed by atoms with Crippen LogP contribution in [0.2, 0.25) is 0 Å². The van der Waals surface area contributed by atoms with Crippen LogP contribution >= 0.6 is 11.6 Å². The number of aromatic hydroxyl groups is 2. The number of rotatable bonds is 7. The standard InChI is InChI=1S/C43H36ClN3O5/c44-19-25-22-47(36-18-37(49)30-10-4-5-11-31(30)40(25)36)39(51)21-45-20-38(50)46-16-15-32-28-9-3-6-12-33(28)43(52)41(42(32)46)24-13-14-29-26-7-1-2-8-27(26)35(23-48)34(29)17-24/h1-14,17-18,25,35,45,48-49,52H,15-16,19-23H2/t25-,35?/m1/s1. The number of carbonyl (C=O) groups is 2. The van der Waals surface area contributed by atoms with E-state index in [0.29, 0.717) is 42.3 Å². The van der Waals surface area contributed by atoms with Crippen molar-refractivity contribution in [2.75, 3.05) is 48.5 Å². The van der Waals surface area contributed by atoms with Gasteiger partial charge >= 0.3 is 0 Å². The van der Waals surface area contributed by atoms with E-state index >= 15 is 0 Å². The van der Waals surface area contributed by atoms with Gasteiger partial charge < -0.3 is 25.1 Å². The number of hydrogen-bond acceptors (Lipinski definition) is 6. The van der Waals surface area contributed by atoms with E-state index in [1.165, 1.54) is 0 Å². The highest BCUT2D eigenvalue weighted by Gasteiger charge is 2.36. The number of carbonyl (C=O) groups excluding carboxylic acids is 2. The summed E-state index contributed by atoms with van der Waals surface area (Å²) in [6.07, 6.45) is 0.616. The molecular formula is C43H36ClN3O5. The van der Waals surface area contributed by atoms with Gasteiger partial charge in [-0.05, 0) is 62.2 Å². The molecule has 2 amide bonds. The van der Waals surface area contributed by atoms with Crippen molar-refractivity contribution >= 4 is 56.3 Å². The molecule has 260 valence electrons. The molecule has 52 heavy (non-hydrogen) atoms. The molecule has 0 saturated carbocycles. The van der Waals surface area contributed by atoms with Gasteiger partial charge in [0.05, 0.1) is 31.1 Å². The van der Waals surface area contributed by atoms with Crippen LogP contribution in [0.15, 0.2) is 97.1 Å². The number of alkyl halides is 1. The molecule has 0 aromatic heterocycles. The lowest BCUT2D eigenvalue weighted by atomic mass is 9.90. The average Bonchev–Trinajstić information content (AvgIpc) is 3.87. The summed E-state index contributed by atoms with van der Waals surface area (Å²) in [4.78, 5) is 31.0. The highest BCUT2D eigenvalue weighted by Crippen LogP contribution is 2.52. The van der Waals surface area contributed by atoms with E-state index < -0.39 is 0 Å². The molecule has 8 nitrogen and oxygen atoms in total. The monoisotopic (exact) mass is 709 g/mol. The summed E-state index contributed by atoms with van der Waals surface area (Å²) in [5.74, 6) is -0.182. The third kappa shape index (κ3) is 4.89. The predicted molar refractivity (Wildman–Crippen MR) is 206 cm³/mol. The van der Waals surface area contributed by atoms with E-state index in [9.17, 15) is 24.9 Å². The van der Waals surface area contributed by atoms with Gasteiger partial charge in [-0.25, -0.2) is 0 Å². The smallest absolute Gasteiger partial charge is 0.240 e. The third-order valence-electron chi connectivity index (χ3n) is 11.1. The molecule has 2 heterocycles. The number of phenolic OH excluding ortho intramolecular Hbond substituents is 2. The molecule has 6 aromatic rings. The summed E-state index contributed by atoms with van der Waals surface area (Å²) in [6, 6.07) is 31.1. The van der Waals surface area contributed by atoms with Crippen molar-refractivity contribution in [3.8, 4) is 33.8 Å². The van der Waals surface area contributed by atoms with Gasteiger partial charge in [-0.2, -0.15) is 0 Å². The lowest BCUT2D eigenvalue weighted by molar-refractivity contribution is -0.118. The zero-order chi connectivity index (χ0) is 35.7. The number of halogens is 1. The van der Waals surface area contributed by atoms with Crippen LogP contribution in [0.5, 0.6) is 11.5 Å². The number of nitrogens with zero attached hydrogens (tertiary/aromatic N) is 2. The van der Waals surface area contributed by atoms with Crippen LogP contribution in [0.25, 0.3) is 43.8 Å². The van der Waals surface area contributed by atoms with Crippen molar-refractivity contribution in [3.05, 3.63) is 119 Å². The zero-order valence-corrected chi connectivity index (χ0v) is 29.0. The molecule has 3 aliphatic rings. The summed E-state index contributed by atoms with van der Waals surface area (Å²) in [5, 5.41) is 39.4. The second-order valence-corrected chi connectivity index (χ2v) is 14.2. The Bertz CT molecular complexity index is 2460. The normalized spacial score (nSPS) is 17.0. The van der Waals surface area contributed by atoms with Crippen molar-refractivity contribution in [1.29, 1.82) is 0 Å². The van der Waals surface area contributed by atoms with Gasteiger partial charge in [-0.3, -0.25) is 14.9 Å². The van der Waals surface area contributed by atoms with Crippen LogP contribution in [0, 0.1) is 0 Å². The van der Waals surface area contributed by atoms with E-state index in [0.717, 1.165) is 60.5 Å². The van der Waals surface area contributed by atoms with Crippen LogP contribution in [0.4, 0.5) is 11.4 Å². The number of aliphatic hydroxyl groups is 1. The minimum absolute atomic E-state index is 0.0441. The van der Waals surface area contributed by atoms with Crippen molar-refractivity contribution in [1.82, 2.24) is 5.32 Å². The fourth-order valence-electron chi connectivity index (χ4n) is 8.81. The second-order valence-electron chi connectivity index (χ2n) is 13.8. The largest absolute Gasteiger partial charge is 0.507 e.